The molecule has 2 atom stereocenters. The molecule has 1 spiro atoms. The highest BCUT2D eigenvalue weighted by Gasteiger charge is 2.42. The summed E-state index contributed by atoms with van der Waals surface area (Å²) in [6.07, 6.45) is 4.53. The van der Waals surface area contributed by atoms with Gasteiger partial charge in [-0.25, -0.2) is 0 Å². The fraction of sp³-hybridized carbons (Fsp3) is 1.00. The smallest absolute Gasteiger partial charge is 0.157 e. The van der Waals surface area contributed by atoms with E-state index in [2.05, 4.69) is 4.90 Å². The lowest BCUT2D eigenvalue weighted by molar-refractivity contribution is -0.170. The molecule has 0 N–H and O–H groups in total. The first-order valence-corrected chi connectivity index (χ1v) is 7.53. The van der Waals surface area contributed by atoms with E-state index in [0.29, 0.717) is 0 Å². The van der Waals surface area contributed by atoms with E-state index >= 15 is 0 Å². The maximum Gasteiger partial charge on any atom is 0.157 e. The lowest BCUT2D eigenvalue weighted by Crippen LogP contribution is -2.58. The first-order valence-electron chi connectivity index (χ1n) is 7.53. The zero-order chi connectivity index (χ0) is 13.0. The van der Waals surface area contributed by atoms with Crippen LogP contribution in [-0.2, 0) is 18.9 Å². The highest BCUT2D eigenvalue weighted by Crippen LogP contribution is 2.29. The zero-order valence-electron chi connectivity index (χ0n) is 11.6. The minimum atomic E-state index is 0.0190. The molecular formula is C14H25NO4. The number of rotatable bonds is 4. The van der Waals surface area contributed by atoms with Gasteiger partial charge < -0.3 is 18.9 Å². The Kier molecular flexibility index (Phi) is 4.71. The largest absolute Gasteiger partial charge is 0.379 e. The van der Waals surface area contributed by atoms with Crippen LogP contribution in [0.2, 0.25) is 0 Å². The minimum absolute atomic E-state index is 0.0190. The van der Waals surface area contributed by atoms with Gasteiger partial charge in [0.2, 0.25) is 0 Å². The van der Waals surface area contributed by atoms with Crippen LogP contribution in [0, 0.1) is 0 Å². The van der Waals surface area contributed by atoms with Gasteiger partial charge in [-0.15, -0.1) is 0 Å². The van der Waals surface area contributed by atoms with Gasteiger partial charge in [-0.2, -0.15) is 0 Å². The summed E-state index contributed by atoms with van der Waals surface area (Å²) in [6.45, 7) is 6.80. The average molecular weight is 271 g/mol. The van der Waals surface area contributed by atoms with Crippen molar-refractivity contribution in [2.45, 2.75) is 37.5 Å². The van der Waals surface area contributed by atoms with E-state index in [9.17, 15) is 0 Å². The lowest BCUT2D eigenvalue weighted by Gasteiger charge is -2.43. The molecule has 0 aromatic heterocycles. The van der Waals surface area contributed by atoms with Crippen LogP contribution in [0.5, 0.6) is 0 Å². The molecule has 0 unspecified atom stereocenters. The minimum Gasteiger partial charge on any atom is -0.379 e. The van der Waals surface area contributed by atoms with E-state index in [0.717, 1.165) is 65.6 Å². The fourth-order valence-electron chi connectivity index (χ4n) is 3.21. The van der Waals surface area contributed by atoms with E-state index in [-0.39, 0.29) is 11.8 Å². The first-order chi connectivity index (χ1) is 9.39. The monoisotopic (exact) mass is 271 g/mol. The van der Waals surface area contributed by atoms with Gasteiger partial charge in [-0.05, 0) is 25.7 Å². The van der Waals surface area contributed by atoms with Crippen molar-refractivity contribution in [3.8, 4) is 0 Å². The van der Waals surface area contributed by atoms with Crippen molar-refractivity contribution < 1.29 is 18.9 Å². The standard InChI is InChI=1S/C14H25NO4/c1-2-7-18-13(3-1)19-10-6-15-5-9-17-12-14(15)4-8-16-11-14/h13H,1-12H2/t13-,14-/m1/s1. The summed E-state index contributed by atoms with van der Waals surface area (Å²) < 4.78 is 22.7. The Morgan fingerprint density at radius 3 is 2.79 bits per heavy atom. The van der Waals surface area contributed by atoms with Gasteiger partial charge in [0, 0.05) is 26.3 Å². The van der Waals surface area contributed by atoms with Crippen LogP contribution in [0.3, 0.4) is 0 Å². The number of hydrogen-bond acceptors (Lipinski definition) is 5. The molecule has 0 aromatic rings. The van der Waals surface area contributed by atoms with Crippen LogP contribution in [-0.4, -0.2) is 69.5 Å². The summed E-state index contributed by atoms with van der Waals surface area (Å²) in [5, 5.41) is 0. The van der Waals surface area contributed by atoms with Crippen LogP contribution in [0.1, 0.15) is 25.7 Å². The highest BCUT2D eigenvalue weighted by atomic mass is 16.7. The number of hydrogen-bond donors (Lipinski definition) is 0. The third-order valence-electron chi connectivity index (χ3n) is 4.43. The van der Waals surface area contributed by atoms with Gasteiger partial charge in [0.25, 0.3) is 0 Å². The van der Waals surface area contributed by atoms with Crippen LogP contribution in [0.15, 0.2) is 0 Å². The second kappa shape index (κ2) is 6.50. The summed E-state index contributed by atoms with van der Waals surface area (Å²) in [7, 11) is 0. The molecule has 3 fully saturated rings. The van der Waals surface area contributed by atoms with E-state index in [1.165, 1.54) is 12.8 Å². The normalized spacial score (nSPS) is 36.9. The van der Waals surface area contributed by atoms with Crippen molar-refractivity contribution >= 4 is 0 Å². The summed E-state index contributed by atoms with van der Waals surface area (Å²) in [4.78, 5) is 2.49. The molecule has 3 aliphatic rings. The lowest BCUT2D eigenvalue weighted by atomic mass is 9.96. The topological polar surface area (TPSA) is 40.2 Å². The van der Waals surface area contributed by atoms with E-state index in [1.54, 1.807) is 0 Å². The quantitative estimate of drug-likeness (QED) is 0.763. The van der Waals surface area contributed by atoms with Crippen molar-refractivity contribution in [2.75, 3.05) is 52.7 Å². The van der Waals surface area contributed by atoms with Gasteiger partial charge in [-0.3, -0.25) is 4.90 Å². The second-order valence-corrected chi connectivity index (χ2v) is 5.73. The SMILES string of the molecule is C1CC[C@@H](OCCN2CCOC[C@]23CCOC3)OC1. The Morgan fingerprint density at radius 2 is 2.00 bits per heavy atom. The van der Waals surface area contributed by atoms with Crippen LogP contribution in [0.25, 0.3) is 0 Å². The molecule has 0 amide bonds. The molecule has 19 heavy (non-hydrogen) atoms. The molecule has 5 heteroatoms. The van der Waals surface area contributed by atoms with Gasteiger partial charge in [0.15, 0.2) is 6.29 Å². The van der Waals surface area contributed by atoms with Gasteiger partial charge in [0.1, 0.15) is 0 Å². The maximum atomic E-state index is 5.84. The van der Waals surface area contributed by atoms with Crippen molar-refractivity contribution in [1.29, 1.82) is 0 Å². The molecule has 3 rings (SSSR count). The molecule has 3 aliphatic heterocycles. The molecule has 0 saturated carbocycles. The van der Waals surface area contributed by atoms with E-state index in [4.69, 9.17) is 18.9 Å². The Labute approximate surface area is 115 Å². The molecule has 0 aliphatic carbocycles. The third kappa shape index (κ3) is 3.28. The van der Waals surface area contributed by atoms with Crippen LogP contribution < -0.4 is 0 Å². The molecule has 0 aromatic carbocycles. The summed E-state index contributed by atoms with van der Waals surface area (Å²) in [5.41, 5.74) is 0.106. The van der Waals surface area contributed by atoms with E-state index < -0.39 is 0 Å². The first kappa shape index (κ1) is 13.8. The van der Waals surface area contributed by atoms with Crippen molar-refractivity contribution in [3.05, 3.63) is 0 Å². The predicted molar refractivity (Wildman–Crippen MR) is 70.1 cm³/mol. The third-order valence-corrected chi connectivity index (χ3v) is 4.43. The van der Waals surface area contributed by atoms with Crippen molar-refractivity contribution in [1.82, 2.24) is 4.90 Å². The number of morpholine rings is 1. The van der Waals surface area contributed by atoms with Gasteiger partial charge >= 0.3 is 0 Å². The van der Waals surface area contributed by atoms with Gasteiger partial charge in [0.05, 0.1) is 32.0 Å². The molecular weight excluding hydrogens is 246 g/mol. The van der Waals surface area contributed by atoms with Crippen LogP contribution >= 0.6 is 0 Å². The number of nitrogens with zero attached hydrogens (tertiary/aromatic N) is 1. The molecule has 0 radical (unpaired) electrons. The maximum absolute atomic E-state index is 5.84. The molecule has 110 valence electrons. The Balaban J connectivity index is 1.45. The zero-order valence-corrected chi connectivity index (χ0v) is 11.6. The summed E-state index contributed by atoms with van der Waals surface area (Å²) in [6, 6.07) is 0. The molecule has 5 nitrogen and oxygen atoms in total. The Morgan fingerprint density at radius 1 is 1.11 bits per heavy atom. The van der Waals surface area contributed by atoms with E-state index in [1.807, 2.05) is 0 Å². The highest BCUT2D eigenvalue weighted by molar-refractivity contribution is 4.96. The van der Waals surface area contributed by atoms with Gasteiger partial charge in [-0.1, -0.05) is 0 Å². The number of ether oxygens (including phenoxy) is 4. The average Bonchev–Trinajstić information content (AvgIpc) is 2.92. The predicted octanol–water partition coefficient (Wildman–Crippen LogP) is 1.02. The summed E-state index contributed by atoms with van der Waals surface area (Å²) in [5.74, 6) is 0. The molecule has 3 heterocycles. The molecule has 0 bridgehead atoms. The Bertz CT molecular complexity index is 275. The fourth-order valence-corrected chi connectivity index (χ4v) is 3.21. The van der Waals surface area contributed by atoms with Crippen LogP contribution in [0.4, 0.5) is 0 Å². The Hall–Kier alpha value is -0.200. The summed E-state index contributed by atoms with van der Waals surface area (Å²) >= 11 is 0. The second-order valence-electron chi connectivity index (χ2n) is 5.73. The van der Waals surface area contributed by atoms with Crippen molar-refractivity contribution in [3.63, 3.8) is 0 Å². The molecule has 3 saturated heterocycles. The van der Waals surface area contributed by atoms with Crippen molar-refractivity contribution in [2.24, 2.45) is 0 Å².